The van der Waals surface area contributed by atoms with Crippen LogP contribution in [0.2, 0.25) is 0 Å². The first-order chi connectivity index (χ1) is 6.42. The van der Waals surface area contributed by atoms with Crippen molar-refractivity contribution >= 4 is 23.6 Å². The third-order valence-electron chi connectivity index (χ3n) is 1.91. The zero-order valence-electron chi connectivity index (χ0n) is 8.79. The first-order valence-electron chi connectivity index (χ1n) is 4.43. The van der Waals surface area contributed by atoms with Crippen molar-refractivity contribution in [2.75, 3.05) is 18.6 Å². The van der Waals surface area contributed by atoms with E-state index in [0.717, 1.165) is 12.2 Å². The van der Waals surface area contributed by atoms with Crippen LogP contribution in [0.4, 0.5) is 0 Å². The quantitative estimate of drug-likeness (QED) is 0.516. The van der Waals surface area contributed by atoms with Gasteiger partial charge in [0.05, 0.1) is 0 Å². The molecule has 0 aliphatic rings. The van der Waals surface area contributed by atoms with E-state index in [1.165, 1.54) is 13.8 Å². The van der Waals surface area contributed by atoms with Crippen LogP contribution in [0.3, 0.4) is 0 Å². The lowest BCUT2D eigenvalue weighted by Gasteiger charge is -2.18. The van der Waals surface area contributed by atoms with Gasteiger partial charge < -0.3 is 10.4 Å². The summed E-state index contributed by atoms with van der Waals surface area (Å²) in [4.78, 5) is 22.1. The normalized spacial score (nSPS) is 11.1. The lowest BCUT2D eigenvalue weighted by atomic mass is 9.93. The van der Waals surface area contributed by atoms with Crippen LogP contribution in [-0.4, -0.2) is 35.5 Å². The second-order valence-corrected chi connectivity index (χ2v) is 4.52. The number of amides is 1. The van der Waals surface area contributed by atoms with E-state index in [2.05, 4.69) is 5.32 Å². The number of aliphatic carboxylic acids is 1. The fourth-order valence-electron chi connectivity index (χ4n) is 0.737. The Balaban J connectivity index is 3.90. The molecule has 0 aliphatic heterocycles. The van der Waals surface area contributed by atoms with Crippen LogP contribution in [0.5, 0.6) is 0 Å². The lowest BCUT2D eigenvalue weighted by Crippen LogP contribution is -2.42. The number of hydrogen-bond donors (Lipinski definition) is 2. The third-order valence-corrected chi connectivity index (χ3v) is 2.61. The van der Waals surface area contributed by atoms with Crippen molar-refractivity contribution < 1.29 is 14.7 Å². The molecule has 0 atom stereocenters. The number of carbonyl (C=O) groups excluding carboxylic acids is 1. The Hall–Kier alpha value is -0.710. The molecule has 0 aromatic rings. The average Bonchev–Trinajstić information content (AvgIpc) is 2.11. The van der Waals surface area contributed by atoms with Crippen molar-refractivity contribution in [1.82, 2.24) is 5.32 Å². The molecule has 0 saturated carbocycles. The van der Waals surface area contributed by atoms with Crippen LogP contribution >= 0.6 is 11.8 Å². The van der Waals surface area contributed by atoms with E-state index >= 15 is 0 Å². The summed E-state index contributed by atoms with van der Waals surface area (Å²) in [5.74, 6) is -0.556. The molecule has 0 rings (SSSR count). The molecular weight excluding hydrogens is 202 g/mol. The summed E-state index contributed by atoms with van der Waals surface area (Å²) in [6, 6.07) is 0. The van der Waals surface area contributed by atoms with E-state index in [1.807, 2.05) is 6.26 Å². The number of thioether (sulfide) groups is 1. The van der Waals surface area contributed by atoms with E-state index < -0.39 is 17.3 Å². The minimum atomic E-state index is -1.33. The second-order valence-electron chi connectivity index (χ2n) is 3.53. The molecule has 0 saturated heterocycles. The molecule has 2 N–H and O–H groups in total. The molecule has 0 bridgehead atoms. The number of carboxylic acids is 1. The van der Waals surface area contributed by atoms with Crippen LogP contribution in [0.1, 0.15) is 20.3 Å². The summed E-state index contributed by atoms with van der Waals surface area (Å²) in [5.41, 5.74) is -1.33. The SMILES string of the molecule is CSCCCNC(=O)C(C)(C)C(=O)O. The molecule has 0 heterocycles. The van der Waals surface area contributed by atoms with E-state index in [4.69, 9.17) is 5.11 Å². The first kappa shape index (κ1) is 13.3. The summed E-state index contributed by atoms with van der Waals surface area (Å²) in [5, 5.41) is 11.4. The van der Waals surface area contributed by atoms with Crippen LogP contribution < -0.4 is 5.32 Å². The Kier molecular flexibility index (Phi) is 5.60. The van der Waals surface area contributed by atoms with Gasteiger partial charge in [-0.25, -0.2) is 0 Å². The van der Waals surface area contributed by atoms with E-state index in [0.29, 0.717) is 6.54 Å². The van der Waals surface area contributed by atoms with Gasteiger partial charge in [-0.2, -0.15) is 11.8 Å². The number of nitrogens with one attached hydrogen (secondary N) is 1. The Labute approximate surface area is 88.4 Å². The largest absolute Gasteiger partial charge is 0.480 e. The highest BCUT2D eigenvalue weighted by Crippen LogP contribution is 2.14. The third kappa shape index (κ3) is 4.00. The molecule has 5 heteroatoms. The summed E-state index contributed by atoms with van der Waals surface area (Å²) in [6.45, 7) is 3.34. The monoisotopic (exact) mass is 219 g/mol. The lowest BCUT2D eigenvalue weighted by molar-refractivity contribution is -0.153. The molecule has 0 aromatic carbocycles. The Morgan fingerprint density at radius 1 is 1.43 bits per heavy atom. The van der Waals surface area contributed by atoms with E-state index in [9.17, 15) is 9.59 Å². The Morgan fingerprint density at radius 3 is 2.43 bits per heavy atom. The number of carboxylic acid groups (broad SMARTS) is 1. The smallest absolute Gasteiger partial charge is 0.318 e. The number of hydrogen-bond acceptors (Lipinski definition) is 3. The van der Waals surface area contributed by atoms with Gasteiger partial charge in [-0.3, -0.25) is 9.59 Å². The van der Waals surface area contributed by atoms with Gasteiger partial charge in [0.2, 0.25) is 5.91 Å². The van der Waals surface area contributed by atoms with Gasteiger partial charge in [0, 0.05) is 6.54 Å². The standard InChI is InChI=1S/C9H17NO3S/c1-9(2,8(12)13)7(11)10-5-4-6-14-3/h4-6H2,1-3H3,(H,10,11)(H,12,13). The van der Waals surface area contributed by atoms with Crippen LogP contribution in [0, 0.1) is 5.41 Å². The molecule has 14 heavy (non-hydrogen) atoms. The summed E-state index contributed by atoms with van der Waals surface area (Å²) < 4.78 is 0. The second kappa shape index (κ2) is 5.90. The average molecular weight is 219 g/mol. The van der Waals surface area contributed by atoms with Crippen molar-refractivity contribution in [3.05, 3.63) is 0 Å². The van der Waals surface area contributed by atoms with Crippen LogP contribution in [0.15, 0.2) is 0 Å². The minimum Gasteiger partial charge on any atom is -0.480 e. The topological polar surface area (TPSA) is 66.4 Å². The molecule has 82 valence electrons. The highest BCUT2D eigenvalue weighted by Gasteiger charge is 2.35. The van der Waals surface area contributed by atoms with Gasteiger partial charge in [0.15, 0.2) is 0 Å². The zero-order chi connectivity index (χ0) is 11.2. The van der Waals surface area contributed by atoms with Crippen LogP contribution in [0.25, 0.3) is 0 Å². The predicted octanol–water partition coefficient (Wildman–Crippen LogP) is 0.966. The first-order valence-corrected chi connectivity index (χ1v) is 5.83. The van der Waals surface area contributed by atoms with E-state index in [-0.39, 0.29) is 0 Å². The van der Waals surface area contributed by atoms with Gasteiger partial charge in [-0.05, 0) is 32.3 Å². The highest BCUT2D eigenvalue weighted by atomic mass is 32.2. The van der Waals surface area contributed by atoms with Gasteiger partial charge in [-0.15, -0.1) is 0 Å². The van der Waals surface area contributed by atoms with Crippen molar-refractivity contribution in [3.8, 4) is 0 Å². The molecule has 0 fully saturated rings. The van der Waals surface area contributed by atoms with Gasteiger partial charge >= 0.3 is 5.97 Å². The molecule has 0 spiro atoms. The predicted molar refractivity (Wildman–Crippen MR) is 57.4 cm³/mol. The Morgan fingerprint density at radius 2 is 2.00 bits per heavy atom. The highest BCUT2D eigenvalue weighted by molar-refractivity contribution is 7.98. The molecule has 4 nitrogen and oxygen atoms in total. The maximum atomic E-state index is 11.4. The summed E-state index contributed by atoms with van der Waals surface area (Å²) in [6.07, 6.45) is 2.85. The molecule has 0 aliphatic carbocycles. The molecular formula is C9H17NO3S. The molecule has 1 amide bonds. The van der Waals surface area contributed by atoms with E-state index in [1.54, 1.807) is 11.8 Å². The van der Waals surface area contributed by atoms with Crippen molar-refractivity contribution in [3.63, 3.8) is 0 Å². The van der Waals surface area contributed by atoms with Crippen molar-refractivity contribution in [2.24, 2.45) is 5.41 Å². The van der Waals surface area contributed by atoms with Gasteiger partial charge in [0.25, 0.3) is 0 Å². The molecule has 0 aromatic heterocycles. The molecule has 0 radical (unpaired) electrons. The fraction of sp³-hybridized carbons (Fsp3) is 0.778. The molecule has 0 unspecified atom stereocenters. The number of rotatable bonds is 6. The summed E-state index contributed by atoms with van der Waals surface area (Å²) in [7, 11) is 0. The zero-order valence-corrected chi connectivity index (χ0v) is 9.61. The maximum Gasteiger partial charge on any atom is 0.318 e. The van der Waals surface area contributed by atoms with Crippen molar-refractivity contribution in [2.45, 2.75) is 20.3 Å². The summed E-state index contributed by atoms with van der Waals surface area (Å²) >= 11 is 1.70. The maximum absolute atomic E-state index is 11.4. The van der Waals surface area contributed by atoms with Crippen molar-refractivity contribution in [1.29, 1.82) is 0 Å². The fourth-order valence-corrected chi connectivity index (χ4v) is 1.17. The van der Waals surface area contributed by atoms with Gasteiger partial charge in [-0.1, -0.05) is 0 Å². The number of carbonyl (C=O) groups is 2. The Bertz CT molecular complexity index is 216. The minimum absolute atomic E-state index is 0.425. The van der Waals surface area contributed by atoms with Gasteiger partial charge in [0.1, 0.15) is 5.41 Å². The van der Waals surface area contributed by atoms with Crippen LogP contribution in [-0.2, 0) is 9.59 Å².